The van der Waals surface area contributed by atoms with Crippen LogP contribution in [-0.2, 0) is 19.2 Å². The van der Waals surface area contributed by atoms with Gasteiger partial charge in [-0.15, -0.1) is 0 Å². The molecule has 0 aromatic carbocycles. The van der Waals surface area contributed by atoms with Crippen molar-refractivity contribution in [1.82, 2.24) is 16.0 Å². The molecule has 0 heterocycles. The highest BCUT2D eigenvalue weighted by atomic mass is 16.4. The van der Waals surface area contributed by atoms with Crippen LogP contribution in [0.25, 0.3) is 0 Å². The summed E-state index contributed by atoms with van der Waals surface area (Å²) < 4.78 is 0. The van der Waals surface area contributed by atoms with Crippen LogP contribution >= 0.6 is 0 Å². The maximum Gasteiger partial charge on any atom is 0.328 e. The van der Waals surface area contributed by atoms with Crippen molar-refractivity contribution in [2.24, 2.45) is 5.73 Å². The maximum absolute atomic E-state index is 11.8. The van der Waals surface area contributed by atoms with Crippen LogP contribution in [0.2, 0.25) is 0 Å². The number of nitrogens with one attached hydrogen (secondary N) is 3. The molecule has 11 nitrogen and oxygen atoms in total. The third-order valence-electron chi connectivity index (χ3n) is 2.72. The molecular weight excluding hydrogens is 312 g/mol. The van der Waals surface area contributed by atoms with Crippen LogP contribution < -0.4 is 21.7 Å². The van der Waals surface area contributed by atoms with Gasteiger partial charge in [-0.05, 0) is 13.8 Å². The van der Waals surface area contributed by atoms with Gasteiger partial charge in [-0.25, -0.2) is 4.79 Å². The molecule has 23 heavy (non-hydrogen) atoms. The van der Waals surface area contributed by atoms with E-state index in [4.69, 9.17) is 15.9 Å². The minimum Gasteiger partial charge on any atom is -0.480 e. The summed E-state index contributed by atoms with van der Waals surface area (Å²) in [6.45, 7) is 1.31. The average molecular weight is 334 g/mol. The molecule has 3 amide bonds. The molecule has 8 N–H and O–H groups in total. The molecule has 11 heteroatoms. The van der Waals surface area contributed by atoms with Gasteiger partial charge >= 0.3 is 5.97 Å². The Bertz CT molecular complexity index is 453. The molecule has 0 aromatic rings. The second-order valence-electron chi connectivity index (χ2n) is 4.87. The van der Waals surface area contributed by atoms with E-state index in [1.54, 1.807) is 0 Å². The molecule has 4 atom stereocenters. The van der Waals surface area contributed by atoms with Gasteiger partial charge in [-0.1, -0.05) is 0 Å². The normalized spacial score (nSPS) is 15.7. The molecular formula is C12H22N4O7. The zero-order valence-electron chi connectivity index (χ0n) is 12.8. The van der Waals surface area contributed by atoms with Gasteiger partial charge < -0.3 is 37.0 Å². The van der Waals surface area contributed by atoms with Crippen molar-refractivity contribution in [1.29, 1.82) is 0 Å². The zero-order valence-corrected chi connectivity index (χ0v) is 12.8. The molecule has 0 saturated carbocycles. The summed E-state index contributed by atoms with van der Waals surface area (Å²) in [5.74, 6) is -3.82. The first-order valence-electron chi connectivity index (χ1n) is 6.74. The van der Waals surface area contributed by atoms with Gasteiger partial charge in [0, 0.05) is 0 Å². The van der Waals surface area contributed by atoms with Crippen LogP contribution in [-0.4, -0.2) is 76.4 Å². The lowest BCUT2D eigenvalue weighted by atomic mass is 10.1. The molecule has 0 aliphatic heterocycles. The number of aliphatic carboxylic acids is 1. The van der Waals surface area contributed by atoms with Crippen molar-refractivity contribution in [2.75, 3.05) is 13.2 Å². The summed E-state index contributed by atoms with van der Waals surface area (Å²) in [6.07, 6.45) is -1.38. The predicted octanol–water partition coefficient (Wildman–Crippen LogP) is -4.12. The number of carboxylic acids is 1. The molecule has 0 spiro atoms. The van der Waals surface area contributed by atoms with E-state index in [0.29, 0.717) is 0 Å². The lowest BCUT2D eigenvalue weighted by Gasteiger charge is -2.21. The average Bonchev–Trinajstić information content (AvgIpc) is 2.46. The van der Waals surface area contributed by atoms with Crippen LogP contribution in [0.15, 0.2) is 0 Å². The molecule has 0 aromatic heterocycles. The van der Waals surface area contributed by atoms with Gasteiger partial charge in [0.25, 0.3) is 0 Å². The Hall–Kier alpha value is -2.24. The van der Waals surface area contributed by atoms with Crippen molar-refractivity contribution in [3.8, 4) is 0 Å². The van der Waals surface area contributed by atoms with E-state index in [1.807, 2.05) is 5.32 Å². The lowest BCUT2D eigenvalue weighted by molar-refractivity contribution is -0.145. The molecule has 0 bridgehead atoms. The first kappa shape index (κ1) is 20.8. The summed E-state index contributed by atoms with van der Waals surface area (Å²) in [6, 6.07) is -3.84. The molecule has 0 radical (unpaired) electrons. The Morgan fingerprint density at radius 2 is 1.65 bits per heavy atom. The van der Waals surface area contributed by atoms with Crippen LogP contribution in [0.3, 0.4) is 0 Å². The van der Waals surface area contributed by atoms with Crippen LogP contribution in [0.4, 0.5) is 0 Å². The monoisotopic (exact) mass is 334 g/mol. The van der Waals surface area contributed by atoms with Crippen molar-refractivity contribution >= 4 is 23.7 Å². The Labute approximate surface area is 132 Å². The van der Waals surface area contributed by atoms with Crippen molar-refractivity contribution in [3.63, 3.8) is 0 Å². The second-order valence-corrected chi connectivity index (χ2v) is 4.87. The Balaban J connectivity index is 4.58. The number of carboxylic acid groups (broad SMARTS) is 1. The first-order chi connectivity index (χ1) is 10.6. The van der Waals surface area contributed by atoms with Crippen molar-refractivity contribution in [2.45, 2.75) is 38.1 Å². The Morgan fingerprint density at radius 1 is 1.09 bits per heavy atom. The smallest absolute Gasteiger partial charge is 0.328 e. The summed E-state index contributed by atoms with van der Waals surface area (Å²) in [7, 11) is 0. The highest BCUT2D eigenvalue weighted by molar-refractivity contribution is 5.92. The number of rotatable bonds is 9. The number of nitrogens with two attached hydrogens (primary N) is 1. The van der Waals surface area contributed by atoms with E-state index in [2.05, 4.69) is 10.6 Å². The zero-order chi connectivity index (χ0) is 18.2. The van der Waals surface area contributed by atoms with E-state index >= 15 is 0 Å². The highest BCUT2D eigenvalue weighted by Crippen LogP contribution is 1.95. The number of carbonyl (C=O) groups is 4. The number of aliphatic hydroxyl groups excluding tert-OH is 2. The number of carbonyl (C=O) groups excluding carboxylic acids is 3. The fourth-order valence-corrected chi connectivity index (χ4v) is 1.41. The van der Waals surface area contributed by atoms with Crippen molar-refractivity contribution in [3.05, 3.63) is 0 Å². The largest absolute Gasteiger partial charge is 0.480 e. The number of amides is 3. The minimum atomic E-state index is -1.59. The van der Waals surface area contributed by atoms with Gasteiger partial charge in [-0.3, -0.25) is 14.4 Å². The Morgan fingerprint density at radius 3 is 2.04 bits per heavy atom. The molecule has 132 valence electrons. The number of hydrogen-bond donors (Lipinski definition) is 7. The van der Waals surface area contributed by atoms with Gasteiger partial charge in [-0.2, -0.15) is 0 Å². The van der Waals surface area contributed by atoms with Crippen LogP contribution in [0.5, 0.6) is 0 Å². The molecule has 0 rings (SSSR count). The van der Waals surface area contributed by atoms with E-state index in [0.717, 1.165) is 6.92 Å². The summed E-state index contributed by atoms with van der Waals surface area (Å²) in [4.78, 5) is 45.4. The first-order valence-corrected chi connectivity index (χ1v) is 6.74. The van der Waals surface area contributed by atoms with Crippen LogP contribution in [0.1, 0.15) is 13.8 Å². The topological polar surface area (TPSA) is 191 Å². The van der Waals surface area contributed by atoms with E-state index < -0.39 is 61.1 Å². The van der Waals surface area contributed by atoms with E-state index in [1.165, 1.54) is 6.92 Å². The second kappa shape index (κ2) is 9.71. The number of hydrogen-bond acceptors (Lipinski definition) is 7. The molecule has 0 unspecified atom stereocenters. The molecule has 0 aliphatic carbocycles. The van der Waals surface area contributed by atoms with Gasteiger partial charge in [0.2, 0.25) is 17.7 Å². The third kappa shape index (κ3) is 7.54. The van der Waals surface area contributed by atoms with E-state index in [-0.39, 0.29) is 0 Å². The number of aliphatic hydroxyl groups is 2. The molecule has 0 saturated heterocycles. The SMILES string of the molecule is C[C@H](N)C(=O)NCC(=O)N[C@@H](CO)C(=O)N[C@H](C(=O)O)[C@@H](C)O. The summed E-state index contributed by atoms with van der Waals surface area (Å²) in [5, 5.41) is 33.5. The van der Waals surface area contributed by atoms with Crippen molar-refractivity contribution < 1.29 is 34.5 Å². The van der Waals surface area contributed by atoms with Crippen LogP contribution in [0, 0.1) is 0 Å². The Kier molecular flexibility index (Phi) is 8.77. The predicted molar refractivity (Wildman–Crippen MR) is 76.9 cm³/mol. The summed E-state index contributed by atoms with van der Waals surface area (Å²) in [5.41, 5.74) is 5.28. The minimum absolute atomic E-state index is 0.469. The summed E-state index contributed by atoms with van der Waals surface area (Å²) >= 11 is 0. The van der Waals surface area contributed by atoms with Gasteiger partial charge in [0.05, 0.1) is 25.3 Å². The van der Waals surface area contributed by atoms with Gasteiger partial charge in [0.1, 0.15) is 6.04 Å². The van der Waals surface area contributed by atoms with E-state index in [9.17, 15) is 24.3 Å². The fraction of sp³-hybridized carbons (Fsp3) is 0.667. The maximum atomic E-state index is 11.8. The molecule has 0 aliphatic rings. The molecule has 0 fully saturated rings. The quantitative estimate of drug-likeness (QED) is 0.221. The lowest BCUT2D eigenvalue weighted by Crippen LogP contribution is -2.57. The standard InChI is InChI=1S/C12H22N4O7/c1-5(13)10(20)14-3-8(19)15-7(4-17)11(21)16-9(6(2)18)12(22)23/h5-7,9,17-18H,3-4,13H2,1-2H3,(H,14,20)(H,15,19)(H,16,21)(H,22,23)/t5-,6+,7-,9-/m0/s1. The highest BCUT2D eigenvalue weighted by Gasteiger charge is 2.29. The van der Waals surface area contributed by atoms with Gasteiger partial charge in [0.15, 0.2) is 6.04 Å². The third-order valence-corrected chi connectivity index (χ3v) is 2.72. The fourth-order valence-electron chi connectivity index (χ4n) is 1.41.